The van der Waals surface area contributed by atoms with E-state index in [9.17, 15) is 5.11 Å². The van der Waals surface area contributed by atoms with Gasteiger partial charge in [0.15, 0.2) is 0 Å². The summed E-state index contributed by atoms with van der Waals surface area (Å²) in [6.07, 6.45) is 2.13. The molecule has 0 aliphatic carbocycles. The van der Waals surface area contributed by atoms with E-state index in [-0.39, 0.29) is 5.54 Å². The molecule has 0 bridgehead atoms. The van der Waals surface area contributed by atoms with Crippen LogP contribution in [0.3, 0.4) is 0 Å². The van der Waals surface area contributed by atoms with E-state index in [0.29, 0.717) is 5.92 Å². The number of nitrogens with zero attached hydrogens (tertiary/aromatic N) is 2. The highest BCUT2D eigenvalue weighted by atomic mass is 16.3. The second-order valence-electron chi connectivity index (χ2n) is 7.48. The number of anilines is 1. The first kappa shape index (κ1) is 14.9. The Labute approximate surface area is 128 Å². The Bertz CT molecular complexity index is 546. The summed E-state index contributed by atoms with van der Waals surface area (Å²) < 4.78 is 0. The van der Waals surface area contributed by atoms with E-state index in [1.807, 2.05) is 0 Å². The molecule has 1 N–H and O–H groups in total. The lowest BCUT2D eigenvalue weighted by Crippen LogP contribution is -2.57. The molecule has 1 fully saturated rings. The third-order valence-electron chi connectivity index (χ3n) is 6.00. The fraction of sp³-hybridized carbons (Fsp3) is 0.667. The number of hydrogen-bond donors (Lipinski definition) is 1. The predicted molar refractivity (Wildman–Crippen MR) is 87.8 cm³/mol. The van der Waals surface area contributed by atoms with Crippen molar-refractivity contribution >= 4 is 5.69 Å². The fourth-order valence-corrected chi connectivity index (χ4v) is 4.28. The number of likely N-dealkylation sites (N-methyl/N-ethyl adjacent to an activating group) is 1. The molecule has 1 unspecified atom stereocenters. The van der Waals surface area contributed by atoms with Gasteiger partial charge in [0.1, 0.15) is 5.60 Å². The topological polar surface area (TPSA) is 26.7 Å². The predicted octanol–water partition coefficient (Wildman–Crippen LogP) is 2.75. The van der Waals surface area contributed by atoms with E-state index in [2.05, 4.69) is 62.9 Å². The van der Waals surface area contributed by atoms with Crippen LogP contribution in [0, 0.1) is 12.8 Å². The molecule has 2 aliphatic rings. The van der Waals surface area contributed by atoms with Crippen LogP contribution >= 0.6 is 0 Å². The van der Waals surface area contributed by atoms with E-state index in [4.69, 9.17) is 0 Å². The van der Waals surface area contributed by atoms with Gasteiger partial charge in [0.05, 0.1) is 5.54 Å². The van der Waals surface area contributed by atoms with Gasteiger partial charge in [-0.3, -0.25) is 0 Å². The Morgan fingerprint density at radius 1 is 1.14 bits per heavy atom. The highest BCUT2D eigenvalue weighted by Gasteiger charge is 2.58. The number of aryl methyl sites for hydroxylation is 1. The Morgan fingerprint density at radius 3 is 2.38 bits per heavy atom. The molecule has 2 aliphatic heterocycles. The van der Waals surface area contributed by atoms with Crippen molar-refractivity contribution in [2.24, 2.45) is 5.92 Å². The molecule has 1 aromatic rings. The van der Waals surface area contributed by atoms with Crippen LogP contribution in [0.4, 0.5) is 5.69 Å². The van der Waals surface area contributed by atoms with E-state index < -0.39 is 5.60 Å². The summed E-state index contributed by atoms with van der Waals surface area (Å²) in [4.78, 5) is 4.63. The van der Waals surface area contributed by atoms with Crippen LogP contribution in [-0.2, 0) is 5.60 Å². The number of piperidine rings is 1. The fourth-order valence-electron chi connectivity index (χ4n) is 4.28. The average Bonchev–Trinajstić information content (AvgIpc) is 2.59. The van der Waals surface area contributed by atoms with Crippen molar-refractivity contribution in [3.63, 3.8) is 0 Å². The van der Waals surface area contributed by atoms with Crippen molar-refractivity contribution in [3.8, 4) is 0 Å². The number of benzene rings is 1. The van der Waals surface area contributed by atoms with Crippen LogP contribution in [-0.4, -0.2) is 42.7 Å². The second-order valence-corrected chi connectivity index (χ2v) is 7.48. The molecule has 0 saturated carbocycles. The summed E-state index contributed by atoms with van der Waals surface area (Å²) in [5, 5.41) is 11.8. The van der Waals surface area contributed by atoms with Gasteiger partial charge in [-0.05, 0) is 65.7 Å². The Morgan fingerprint density at radius 2 is 1.76 bits per heavy atom. The van der Waals surface area contributed by atoms with Gasteiger partial charge in [-0.25, -0.2) is 0 Å². The van der Waals surface area contributed by atoms with Crippen molar-refractivity contribution in [1.29, 1.82) is 0 Å². The van der Waals surface area contributed by atoms with Crippen LogP contribution < -0.4 is 4.90 Å². The van der Waals surface area contributed by atoms with Gasteiger partial charge >= 0.3 is 0 Å². The molecule has 116 valence electrons. The number of aliphatic hydroxyl groups is 1. The van der Waals surface area contributed by atoms with Gasteiger partial charge in [0.2, 0.25) is 0 Å². The van der Waals surface area contributed by atoms with E-state index in [1.54, 1.807) is 0 Å². The molecule has 1 aromatic carbocycles. The Balaban J connectivity index is 2.09. The molecule has 0 amide bonds. The molecule has 3 rings (SSSR count). The SMILES string of the molecule is Cc1ccc2c(c1)C(O)(C1CCN(C)CC1)C(C)(C)N2C. The smallest absolute Gasteiger partial charge is 0.117 e. The molecular formula is C18H28N2O. The zero-order valence-electron chi connectivity index (χ0n) is 14.0. The molecule has 1 atom stereocenters. The monoisotopic (exact) mass is 288 g/mol. The van der Waals surface area contributed by atoms with E-state index in [1.165, 1.54) is 11.3 Å². The van der Waals surface area contributed by atoms with E-state index >= 15 is 0 Å². The van der Waals surface area contributed by atoms with Crippen molar-refractivity contribution in [2.75, 3.05) is 32.1 Å². The minimum Gasteiger partial charge on any atom is -0.382 e. The highest BCUT2D eigenvalue weighted by molar-refractivity contribution is 5.66. The largest absolute Gasteiger partial charge is 0.382 e. The third kappa shape index (κ3) is 1.94. The standard InChI is InChI=1S/C18H28N2O/c1-13-6-7-16-15(12-13)18(21,17(2,3)20(16)5)14-8-10-19(4)11-9-14/h6-7,12,14,21H,8-11H2,1-5H3. The van der Waals surface area contributed by atoms with Gasteiger partial charge in [-0.1, -0.05) is 17.7 Å². The quantitative estimate of drug-likeness (QED) is 0.861. The van der Waals surface area contributed by atoms with Crippen molar-refractivity contribution in [3.05, 3.63) is 29.3 Å². The van der Waals surface area contributed by atoms with E-state index in [0.717, 1.165) is 31.5 Å². The molecule has 2 heterocycles. The lowest BCUT2D eigenvalue weighted by atomic mass is 9.68. The second kappa shape index (κ2) is 4.72. The maximum absolute atomic E-state index is 11.8. The molecule has 3 heteroatoms. The molecule has 1 saturated heterocycles. The molecule has 0 radical (unpaired) electrons. The molecule has 3 nitrogen and oxygen atoms in total. The van der Waals surface area contributed by atoms with Crippen molar-refractivity contribution < 1.29 is 5.11 Å². The first-order valence-corrected chi connectivity index (χ1v) is 8.04. The maximum atomic E-state index is 11.8. The first-order valence-electron chi connectivity index (χ1n) is 8.04. The first-order chi connectivity index (χ1) is 9.78. The van der Waals surface area contributed by atoms with Crippen LogP contribution in [0.2, 0.25) is 0 Å². The summed E-state index contributed by atoms with van der Waals surface area (Å²) in [5.41, 5.74) is 2.51. The number of fused-ring (bicyclic) bond motifs is 1. The van der Waals surface area contributed by atoms with Gasteiger partial charge < -0.3 is 14.9 Å². The van der Waals surface area contributed by atoms with Gasteiger partial charge in [0.25, 0.3) is 0 Å². The van der Waals surface area contributed by atoms with Crippen LogP contribution in [0.15, 0.2) is 18.2 Å². The Kier molecular flexibility index (Phi) is 3.34. The normalized spacial score (nSPS) is 29.7. The van der Waals surface area contributed by atoms with Crippen molar-refractivity contribution in [1.82, 2.24) is 4.90 Å². The van der Waals surface area contributed by atoms with Gasteiger partial charge in [-0.2, -0.15) is 0 Å². The molecule has 21 heavy (non-hydrogen) atoms. The zero-order valence-corrected chi connectivity index (χ0v) is 14.0. The summed E-state index contributed by atoms with van der Waals surface area (Å²) in [6, 6.07) is 6.50. The lowest BCUT2D eigenvalue weighted by molar-refractivity contribution is -0.0867. The van der Waals surface area contributed by atoms with Crippen LogP contribution in [0.25, 0.3) is 0 Å². The summed E-state index contributed by atoms with van der Waals surface area (Å²) >= 11 is 0. The van der Waals surface area contributed by atoms with Gasteiger partial charge in [-0.15, -0.1) is 0 Å². The Hall–Kier alpha value is -1.06. The minimum absolute atomic E-state index is 0.274. The van der Waals surface area contributed by atoms with Crippen LogP contribution in [0.1, 0.15) is 37.8 Å². The third-order valence-corrected chi connectivity index (χ3v) is 6.00. The minimum atomic E-state index is -0.760. The molecule has 0 spiro atoms. The number of rotatable bonds is 1. The van der Waals surface area contributed by atoms with Gasteiger partial charge in [0, 0.05) is 18.3 Å². The summed E-state index contributed by atoms with van der Waals surface area (Å²) in [6.45, 7) is 8.63. The lowest BCUT2D eigenvalue weighted by Gasteiger charge is -2.48. The van der Waals surface area contributed by atoms with Crippen molar-refractivity contribution in [2.45, 2.75) is 44.8 Å². The molecular weight excluding hydrogens is 260 g/mol. The zero-order chi connectivity index (χ0) is 15.4. The summed E-state index contributed by atoms with van der Waals surface area (Å²) in [5.74, 6) is 0.328. The number of hydrogen-bond acceptors (Lipinski definition) is 3. The number of likely N-dealkylation sites (tertiary alicyclic amines) is 1. The molecule has 0 aromatic heterocycles. The maximum Gasteiger partial charge on any atom is 0.117 e. The average molecular weight is 288 g/mol. The highest BCUT2D eigenvalue weighted by Crippen LogP contribution is 2.55. The van der Waals surface area contributed by atoms with Crippen LogP contribution in [0.5, 0.6) is 0 Å². The summed E-state index contributed by atoms with van der Waals surface area (Å²) in [7, 11) is 4.28.